The van der Waals surface area contributed by atoms with E-state index in [2.05, 4.69) is 17.2 Å². The standard InChI is InChI=1S/C12H17N3O2/c1-7(8-3-4-8)15-11-10(12(16)17-2)5-9(13)6-14-11/h5-8H,3-4,13H2,1-2H3,(H,14,15). The van der Waals surface area contributed by atoms with Crippen molar-refractivity contribution in [3.8, 4) is 0 Å². The molecule has 1 aliphatic carbocycles. The second kappa shape index (κ2) is 4.61. The van der Waals surface area contributed by atoms with Crippen LogP contribution < -0.4 is 11.1 Å². The Bertz CT molecular complexity index is 430. The molecule has 3 N–H and O–H groups in total. The molecule has 2 rings (SSSR count). The Kier molecular flexibility index (Phi) is 3.17. The highest BCUT2D eigenvalue weighted by Gasteiger charge is 2.29. The van der Waals surface area contributed by atoms with E-state index in [4.69, 9.17) is 10.5 Å². The monoisotopic (exact) mass is 235 g/mol. The number of nitrogens with one attached hydrogen (secondary N) is 1. The van der Waals surface area contributed by atoms with E-state index in [1.807, 2.05) is 0 Å². The Balaban J connectivity index is 2.21. The summed E-state index contributed by atoms with van der Waals surface area (Å²) in [5, 5.41) is 3.25. The topological polar surface area (TPSA) is 77.2 Å². The van der Waals surface area contributed by atoms with E-state index in [9.17, 15) is 4.79 Å². The zero-order valence-corrected chi connectivity index (χ0v) is 10.1. The number of nitrogens with two attached hydrogens (primary N) is 1. The van der Waals surface area contributed by atoms with Crippen molar-refractivity contribution in [2.75, 3.05) is 18.2 Å². The van der Waals surface area contributed by atoms with Crippen molar-refractivity contribution in [3.63, 3.8) is 0 Å². The predicted octanol–water partition coefficient (Wildman–Crippen LogP) is 1.66. The van der Waals surface area contributed by atoms with Crippen molar-refractivity contribution < 1.29 is 9.53 Å². The molecule has 92 valence electrons. The maximum Gasteiger partial charge on any atom is 0.341 e. The highest BCUT2D eigenvalue weighted by Crippen LogP contribution is 2.34. The number of rotatable bonds is 4. The first-order valence-corrected chi connectivity index (χ1v) is 5.72. The molecule has 0 spiro atoms. The number of aromatic nitrogens is 1. The quantitative estimate of drug-likeness (QED) is 0.776. The van der Waals surface area contributed by atoms with Gasteiger partial charge in [-0.1, -0.05) is 0 Å². The average Bonchev–Trinajstić information content (AvgIpc) is 3.14. The van der Waals surface area contributed by atoms with Crippen LogP contribution in [0.2, 0.25) is 0 Å². The molecule has 5 nitrogen and oxygen atoms in total. The van der Waals surface area contributed by atoms with Gasteiger partial charge < -0.3 is 15.8 Å². The molecule has 17 heavy (non-hydrogen) atoms. The van der Waals surface area contributed by atoms with Gasteiger partial charge in [0.15, 0.2) is 0 Å². The van der Waals surface area contributed by atoms with Crippen molar-refractivity contribution in [1.29, 1.82) is 0 Å². The Morgan fingerprint density at radius 1 is 1.65 bits per heavy atom. The van der Waals surface area contributed by atoms with E-state index in [1.165, 1.54) is 26.1 Å². The summed E-state index contributed by atoms with van der Waals surface area (Å²) < 4.78 is 4.72. The van der Waals surface area contributed by atoms with Gasteiger partial charge in [0.2, 0.25) is 0 Å². The van der Waals surface area contributed by atoms with Gasteiger partial charge in [-0.15, -0.1) is 0 Å². The lowest BCUT2D eigenvalue weighted by Gasteiger charge is -2.15. The predicted molar refractivity (Wildman–Crippen MR) is 65.8 cm³/mol. The zero-order chi connectivity index (χ0) is 12.4. The fourth-order valence-corrected chi connectivity index (χ4v) is 1.79. The van der Waals surface area contributed by atoms with Gasteiger partial charge in [-0.3, -0.25) is 0 Å². The molecule has 0 saturated heterocycles. The molecule has 5 heteroatoms. The number of nitrogen functional groups attached to an aromatic ring is 1. The van der Waals surface area contributed by atoms with Crippen LogP contribution in [-0.2, 0) is 4.74 Å². The molecule has 1 heterocycles. The molecule has 0 radical (unpaired) electrons. The molecule has 1 saturated carbocycles. The number of esters is 1. The molecule has 1 aromatic rings. The first-order chi connectivity index (χ1) is 8.11. The third kappa shape index (κ3) is 2.67. The van der Waals surface area contributed by atoms with E-state index < -0.39 is 5.97 Å². The number of anilines is 2. The molecule has 0 bridgehead atoms. The molecule has 0 amide bonds. The minimum Gasteiger partial charge on any atom is -0.465 e. The lowest BCUT2D eigenvalue weighted by atomic mass is 10.2. The molecule has 1 atom stereocenters. The number of carbonyl (C=O) groups excluding carboxylic acids is 1. The molecule has 1 unspecified atom stereocenters. The van der Waals surface area contributed by atoms with E-state index in [-0.39, 0.29) is 0 Å². The van der Waals surface area contributed by atoms with Crippen molar-refractivity contribution in [2.45, 2.75) is 25.8 Å². The maximum absolute atomic E-state index is 11.6. The van der Waals surface area contributed by atoms with Crippen LogP contribution in [0.5, 0.6) is 0 Å². The van der Waals surface area contributed by atoms with Crippen LogP contribution in [0.25, 0.3) is 0 Å². The lowest BCUT2D eigenvalue weighted by Crippen LogP contribution is -2.20. The van der Waals surface area contributed by atoms with Gasteiger partial charge in [0, 0.05) is 6.04 Å². The van der Waals surface area contributed by atoms with Crippen LogP contribution in [0.3, 0.4) is 0 Å². The van der Waals surface area contributed by atoms with Crippen LogP contribution in [0.15, 0.2) is 12.3 Å². The Morgan fingerprint density at radius 3 is 2.94 bits per heavy atom. The Morgan fingerprint density at radius 2 is 2.35 bits per heavy atom. The van der Waals surface area contributed by atoms with Crippen molar-refractivity contribution in [2.24, 2.45) is 5.92 Å². The molecule has 1 fully saturated rings. The van der Waals surface area contributed by atoms with E-state index >= 15 is 0 Å². The molecule has 0 aliphatic heterocycles. The molecule has 0 aromatic carbocycles. The third-order valence-corrected chi connectivity index (χ3v) is 3.01. The van der Waals surface area contributed by atoms with Crippen LogP contribution in [0.1, 0.15) is 30.1 Å². The molecule has 1 aromatic heterocycles. The molecular weight excluding hydrogens is 218 g/mol. The van der Waals surface area contributed by atoms with E-state index in [0.717, 1.165) is 0 Å². The molecule has 1 aliphatic rings. The van der Waals surface area contributed by atoms with Crippen LogP contribution in [0.4, 0.5) is 11.5 Å². The lowest BCUT2D eigenvalue weighted by molar-refractivity contribution is 0.0601. The van der Waals surface area contributed by atoms with Gasteiger partial charge in [0.1, 0.15) is 11.4 Å². The summed E-state index contributed by atoms with van der Waals surface area (Å²) in [6, 6.07) is 1.90. The van der Waals surface area contributed by atoms with E-state index in [0.29, 0.717) is 29.0 Å². The fraction of sp³-hybridized carbons (Fsp3) is 0.500. The summed E-state index contributed by atoms with van der Waals surface area (Å²) in [4.78, 5) is 15.8. The molecular formula is C12H17N3O2. The number of hydrogen-bond donors (Lipinski definition) is 2. The number of nitrogens with zero attached hydrogens (tertiary/aromatic N) is 1. The maximum atomic E-state index is 11.6. The second-order valence-electron chi connectivity index (χ2n) is 4.43. The summed E-state index contributed by atoms with van der Waals surface area (Å²) in [5.41, 5.74) is 6.47. The largest absolute Gasteiger partial charge is 0.465 e. The first-order valence-electron chi connectivity index (χ1n) is 5.72. The summed E-state index contributed by atoms with van der Waals surface area (Å²) in [7, 11) is 1.35. The van der Waals surface area contributed by atoms with Crippen LogP contribution >= 0.6 is 0 Å². The second-order valence-corrected chi connectivity index (χ2v) is 4.43. The van der Waals surface area contributed by atoms with Gasteiger partial charge >= 0.3 is 5.97 Å². The van der Waals surface area contributed by atoms with E-state index in [1.54, 1.807) is 6.07 Å². The van der Waals surface area contributed by atoms with Crippen LogP contribution in [-0.4, -0.2) is 24.1 Å². The summed E-state index contributed by atoms with van der Waals surface area (Å²) in [6.07, 6.45) is 4.00. The van der Waals surface area contributed by atoms with Crippen molar-refractivity contribution in [3.05, 3.63) is 17.8 Å². The van der Waals surface area contributed by atoms with Crippen molar-refractivity contribution >= 4 is 17.5 Å². The number of carbonyl (C=O) groups is 1. The zero-order valence-electron chi connectivity index (χ0n) is 10.1. The number of hydrogen-bond acceptors (Lipinski definition) is 5. The van der Waals surface area contributed by atoms with Crippen molar-refractivity contribution in [1.82, 2.24) is 4.98 Å². The van der Waals surface area contributed by atoms with Gasteiger partial charge in [-0.2, -0.15) is 0 Å². The summed E-state index contributed by atoms with van der Waals surface area (Å²) >= 11 is 0. The summed E-state index contributed by atoms with van der Waals surface area (Å²) in [5.74, 6) is 0.806. The fourth-order valence-electron chi connectivity index (χ4n) is 1.79. The van der Waals surface area contributed by atoms with Gasteiger partial charge in [0.05, 0.1) is 19.0 Å². The SMILES string of the molecule is COC(=O)c1cc(N)cnc1NC(C)C1CC1. The number of methoxy groups -OCH3 is 1. The third-order valence-electron chi connectivity index (χ3n) is 3.01. The average molecular weight is 235 g/mol. The first kappa shape index (κ1) is 11.7. The summed E-state index contributed by atoms with van der Waals surface area (Å²) in [6.45, 7) is 2.09. The van der Waals surface area contributed by atoms with Gasteiger partial charge in [-0.05, 0) is 31.7 Å². The van der Waals surface area contributed by atoms with Gasteiger partial charge in [-0.25, -0.2) is 9.78 Å². The minimum atomic E-state index is -0.421. The van der Waals surface area contributed by atoms with Crippen LogP contribution in [0, 0.1) is 5.92 Å². The highest BCUT2D eigenvalue weighted by molar-refractivity contribution is 5.95. The number of ether oxygens (including phenoxy) is 1. The Hall–Kier alpha value is -1.78. The highest BCUT2D eigenvalue weighted by atomic mass is 16.5. The Labute approximate surface area is 100 Å². The smallest absolute Gasteiger partial charge is 0.341 e. The minimum absolute atomic E-state index is 0.314. The normalized spacial score (nSPS) is 16.4. The van der Waals surface area contributed by atoms with Gasteiger partial charge in [0.25, 0.3) is 0 Å². The number of pyridine rings is 1.